The Morgan fingerprint density at radius 1 is 1.04 bits per heavy atom. The zero-order chi connectivity index (χ0) is 19.0. The van der Waals surface area contributed by atoms with Crippen molar-refractivity contribution in [2.45, 2.75) is 18.2 Å². The molecule has 138 valence electrons. The zero-order valence-corrected chi connectivity index (χ0v) is 15.1. The molecule has 2 N–H and O–H groups in total. The van der Waals surface area contributed by atoms with Gasteiger partial charge in [-0.25, -0.2) is 13.2 Å². The molecule has 0 radical (unpaired) electrons. The maximum absolute atomic E-state index is 12.3. The predicted molar refractivity (Wildman–Crippen MR) is 97.3 cm³/mol. The molecule has 1 amide bonds. The third-order valence-corrected chi connectivity index (χ3v) is 4.71. The van der Waals surface area contributed by atoms with Crippen molar-refractivity contribution in [3.05, 3.63) is 60.2 Å². The molecule has 0 saturated carbocycles. The number of sulfonamides is 1. The average molecular weight is 376 g/mol. The van der Waals surface area contributed by atoms with Gasteiger partial charge in [-0.05, 0) is 36.8 Å². The minimum absolute atomic E-state index is 0.112. The van der Waals surface area contributed by atoms with E-state index in [0.29, 0.717) is 6.54 Å². The Bertz CT molecular complexity index is 866. The molecule has 2 aromatic carbocycles. The number of nitrogens with one attached hydrogen (secondary N) is 2. The van der Waals surface area contributed by atoms with E-state index >= 15 is 0 Å². The molecule has 7 nitrogen and oxygen atoms in total. The highest BCUT2D eigenvalue weighted by molar-refractivity contribution is 7.92. The van der Waals surface area contributed by atoms with Crippen molar-refractivity contribution in [2.75, 3.05) is 17.9 Å². The summed E-state index contributed by atoms with van der Waals surface area (Å²) in [6.07, 6.45) is 0.781. The summed E-state index contributed by atoms with van der Waals surface area (Å²) in [6.45, 7) is 2.03. The summed E-state index contributed by atoms with van der Waals surface area (Å²) in [5.74, 6) is -1.10. The lowest BCUT2D eigenvalue weighted by Crippen LogP contribution is -2.29. The van der Waals surface area contributed by atoms with E-state index in [0.717, 1.165) is 6.42 Å². The number of hydrogen-bond donors (Lipinski definition) is 2. The fourth-order valence-corrected chi connectivity index (χ4v) is 3.12. The van der Waals surface area contributed by atoms with Crippen LogP contribution in [0.5, 0.6) is 0 Å². The van der Waals surface area contributed by atoms with Gasteiger partial charge in [0.25, 0.3) is 15.9 Å². The number of amides is 1. The Hall–Kier alpha value is -2.87. The van der Waals surface area contributed by atoms with Gasteiger partial charge in [0.2, 0.25) is 0 Å². The summed E-state index contributed by atoms with van der Waals surface area (Å²) in [7, 11) is -3.76. The average Bonchev–Trinajstić information content (AvgIpc) is 2.65. The molecule has 0 unspecified atom stereocenters. The largest absolute Gasteiger partial charge is 0.452 e. The molecule has 0 aromatic heterocycles. The SMILES string of the molecule is CCCNC(=O)COC(=O)c1cccc(NS(=O)(=O)c2ccccc2)c1. The van der Waals surface area contributed by atoms with Crippen molar-refractivity contribution in [2.24, 2.45) is 0 Å². The second-order valence-electron chi connectivity index (χ2n) is 5.43. The van der Waals surface area contributed by atoms with E-state index in [4.69, 9.17) is 4.74 Å². The molecule has 0 fully saturated rings. The molecule has 0 aliphatic rings. The Morgan fingerprint density at radius 3 is 2.46 bits per heavy atom. The first-order chi connectivity index (χ1) is 12.4. The molecule has 2 aromatic rings. The summed E-state index contributed by atoms with van der Waals surface area (Å²) in [6, 6.07) is 13.8. The molecule has 0 spiro atoms. The van der Waals surface area contributed by atoms with Crippen molar-refractivity contribution >= 4 is 27.6 Å². The highest BCUT2D eigenvalue weighted by Gasteiger charge is 2.15. The van der Waals surface area contributed by atoms with E-state index in [1.54, 1.807) is 18.2 Å². The van der Waals surface area contributed by atoms with Crippen LogP contribution >= 0.6 is 0 Å². The fraction of sp³-hybridized carbons (Fsp3) is 0.222. The van der Waals surface area contributed by atoms with E-state index in [1.165, 1.54) is 36.4 Å². The summed E-state index contributed by atoms with van der Waals surface area (Å²) in [5, 5.41) is 2.59. The third kappa shape index (κ3) is 5.59. The van der Waals surface area contributed by atoms with Gasteiger partial charge in [0, 0.05) is 12.2 Å². The molecule has 0 saturated heterocycles. The molecule has 0 aliphatic heterocycles. The van der Waals surface area contributed by atoms with Gasteiger partial charge < -0.3 is 10.1 Å². The predicted octanol–water partition coefficient (Wildman–Crippen LogP) is 2.17. The Labute approximate surface area is 152 Å². The lowest BCUT2D eigenvalue weighted by atomic mass is 10.2. The fourth-order valence-electron chi connectivity index (χ4n) is 2.05. The monoisotopic (exact) mass is 376 g/mol. The van der Waals surface area contributed by atoms with E-state index in [2.05, 4.69) is 10.0 Å². The van der Waals surface area contributed by atoms with Gasteiger partial charge in [0.15, 0.2) is 6.61 Å². The molecule has 0 bridgehead atoms. The summed E-state index contributed by atoms with van der Waals surface area (Å²) < 4.78 is 32.0. The minimum atomic E-state index is -3.76. The summed E-state index contributed by atoms with van der Waals surface area (Å²) in [5.41, 5.74) is 0.361. The Morgan fingerprint density at radius 2 is 1.77 bits per heavy atom. The first-order valence-electron chi connectivity index (χ1n) is 8.04. The second kappa shape index (κ2) is 9.00. The topological polar surface area (TPSA) is 102 Å². The van der Waals surface area contributed by atoms with Crippen LogP contribution in [0.25, 0.3) is 0 Å². The maximum atomic E-state index is 12.3. The van der Waals surface area contributed by atoms with Crippen LogP contribution in [0.2, 0.25) is 0 Å². The third-order valence-electron chi connectivity index (χ3n) is 3.31. The molecule has 0 atom stereocenters. The molecule has 2 rings (SSSR count). The summed E-state index contributed by atoms with van der Waals surface area (Å²) >= 11 is 0. The number of rotatable bonds is 8. The molecule has 0 aliphatic carbocycles. The van der Waals surface area contributed by atoms with Gasteiger partial charge in [-0.2, -0.15) is 0 Å². The smallest absolute Gasteiger partial charge is 0.338 e. The van der Waals surface area contributed by atoms with E-state index < -0.39 is 22.6 Å². The minimum Gasteiger partial charge on any atom is -0.452 e. The van der Waals surface area contributed by atoms with Crippen molar-refractivity contribution in [1.82, 2.24) is 5.32 Å². The van der Waals surface area contributed by atoms with Crippen LogP contribution in [0.15, 0.2) is 59.5 Å². The number of carbonyl (C=O) groups is 2. The first kappa shape index (κ1) is 19.5. The van der Waals surface area contributed by atoms with E-state index in [-0.39, 0.29) is 22.1 Å². The van der Waals surface area contributed by atoms with Crippen molar-refractivity contribution in [3.8, 4) is 0 Å². The molecule has 26 heavy (non-hydrogen) atoms. The Kier molecular flexibility index (Phi) is 6.74. The highest BCUT2D eigenvalue weighted by Crippen LogP contribution is 2.17. The van der Waals surface area contributed by atoms with E-state index in [1.807, 2.05) is 6.92 Å². The van der Waals surface area contributed by atoms with Gasteiger partial charge in [-0.1, -0.05) is 31.2 Å². The standard InChI is InChI=1S/C18H20N2O5S/c1-2-11-19-17(21)13-25-18(22)14-7-6-8-15(12-14)20-26(23,24)16-9-4-3-5-10-16/h3-10,12,20H,2,11,13H2,1H3,(H,19,21). The lowest BCUT2D eigenvalue weighted by molar-refractivity contribution is -0.124. The van der Waals surface area contributed by atoms with Crippen LogP contribution in [0.1, 0.15) is 23.7 Å². The number of benzene rings is 2. The molecule has 8 heteroatoms. The van der Waals surface area contributed by atoms with Crippen LogP contribution in [0.4, 0.5) is 5.69 Å². The van der Waals surface area contributed by atoms with Crippen LogP contribution in [-0.4, -0.2) is 33.4 Å². The van der Waals surface area contributed by atoms with Crippen LogP contribution in [0.3, 0.4) is 0 Å². The van der Waals surface area contributed by atoms with Gasteiger partial charge in [-0.15, -0.1) is 0 Å². The van der Waals surface area contributed by atoms with Crippen molar-refractivity contribution in [3.63, 3.8) is 0 Å². The molecular formula is C18H20N2O5S. The van der Waals surface area contributed by atoms with Crippen LogP contribution in [-0.2, 0) is 19.6 Å². The number of ether oxygens (including phenoxy) is 1. The number of hydrogen-bond acceptors (Lipinski definition) is 5. The van der Waals surface area contributed by atoms with Gasteiger partial charge in [0.1, 0.15) is 0 Å². The number of anilines is 1. The molecule has 0 heterocycles. The number of esters is 1. The zero-order valence-electron chi connectivity index (χ0n) is 14.3. The van der Waals surface area contributed by atoms with Gasteiger partial charge in [0.05, 0.1) is 10.5 Å². The highest BCUT2D eigenvalue weighted by atomic mass is 32.2. The van der Waals surface area contributed by atoms with E-state index in [9.17, 15) is 18.0 Å². The molecular weight excluding hydrogens is 356 g/mol. The van der Waals surface area contributed by atoms with Crippen molar-refractivity contribution < 1.29 is 22.7 Å². The van der Waals surface area contributed by atoms with Gasteiger partial charge in [-0.3, -0.25) is 9.52 Å². The lowest BCUT2D eigenvalue weighted by Gasteiger charge is -2.10. The van der Waals surface area contributed by atoms with Crippen LogP contribution < -0.4 is 10.0 Å². The quantitative estimate of drug-likeness (QED) is 0.688. The van der Waals surface area contributed by atoms with Crippen molar-refractivity contribution in [1.29, 1.82) is 0 Å². The Balaban J connectivity index is 2.03. The summed E-state index contributed by atoms with van der Waals surface area (Å²) in [4.78, 5) is 23.6. The van der Waals surface area contributed by atoms with Gasteiger partial charge >= 0.3 is 5.97 Å². The second-order valence-corrected chi connectivity index (χ2v) is 7.11. The first-order valence-corrected chi connectivity index (χ1v) is 9.52. The number of carbonyl (C=O) groups excluding carboxylic acids is 2. The van der Waals surface area contributed by atoms with Crippen LogP contribution in [0, 0.1) is 0 Å². The maximum Gasteiger partial charge on any atom is 0.338 e. The normalized spacial score (nSPS) is 10.8.